The molecule has 2 unspecified atom stereocenters. The van der Waals surface area contributed by atoms with Gasteiger partial charge in [0, 0.05) is 18.0 Å². The zero-order chi connectivity index (χ0) is 8.69. The smallest absolute Gasteiger partial charge is 0.0468 e. The van der Waals surface area contributed by atoms with Crippen LogP contribution in [0.2, 0.25) is 0 Å². The summed E-state index contributed by atoms with van der Waals surface area (Å²) in [4.78, 5) is 0.618. The summed E-state index contributed by atoms with van der Waals surface area (Å²) in [5, 5.41) is 0. The summed E-state index contributed by atoms with van der Waals surface area (Å²) < 4.78 is 5.30. The predicted octanol–water partition coefficient (Wildman–Crippen LogP) is 3.22. The Morgan fingerprint density at radius 2 is 2.00 bits per heavy atom. The standard InChI is InChI=1S/C9H19BrO/c1-4-9(8(3)10)6-7-11-5-2/h8-9H,4-7H2,1-3H3. The molecule has 1 nitrogen and oxygen atoms in total. The molecule has 2 atom stereocenters. The number of halogens is 1. The van der Waals surface area contributed by atoms with E-state index in [2.05, 4.69) is 29.8 Å². The van der Waals surface area contributed by atoms with Crippen LogP contribution in [0.3, 0.4) is 0 Å². The molecule has 0 fully saturated rings. The van der Waals surface area contributed by atoms with Crippen molar-refractivity contribution in [3.05, 3.63) is 0 Å². The van der Waals surface area contributed by atoms with Gasteiger partial charge in [0.05, 0.1) is 0 Å². The highest BCUT2D eigenvalue weighted by Gasteiger charge is 2.11. The first kappa shape index (κ1) is 11.4. The van der Waals surface area contributed by atoms with Gasteiger partial charge in [-0.15, -0.1) is 0 Å². The van der Waals surface area contributed by atoms with Crippen molar-refractivity contribution in [2.45, 2.75) is 38.4 Å². The molecule has 0 heterocycles. The minimum atomic E-state index is 0.618. The summed E-state index contributed by atoms with van der Waals surface area (Å²) in [6.45, 7) is 8.23. The first-order valence-electron chi connectivity index (χ1n) is 4.44. The second-order valence-corrected chi connectivity index (χ2v) is 4.28. The average molecular weight is 223 g/mol. The van der Waals surface area contributed by atoms with Crippen molar-refractivity contribution in [2.75, 3.05) is 13.2 Å². The Bertz CT molecular complexity index is 83.6. The van der Waals surface area contributed by atoms with Crippen LogP contribution >= 0.6 is 15.9 Å². The molecule has 2 heteroatoms. The van der Waals surface area contributed by atoms with Crippen LogP contribution in [0.1, 0.15) is 33.6 Å². The number of hydrogen-bond donors (Lipinski definition) is 0. The second-order valence-electron chi connectivity index (χ2n) is 2.83. The zero-order valence-corrected chi connectivity index (χ0v) is 9.36. The van der Waals surface area contributed by atoms with Gasteiger partial charge in [-0.3, -0.25) is 0 Å². The van der Waals surface area contributed by atoms with Gasteiger partial charge in [0.1, 0.15) is 0 Å². The van der Waals surface area contributed by atoms with Gasteiger partial charge in [-0.2, -0.15) is 0 Å². The summed E-state index contributed by atoms with van der Waals surface area (Å²) in [6.07, 6.45) is 2.41. The van der Waals surface area contributed by atoms with Crippen LogP contribution in [0.4, 0.5) is 0 Å². The molecule has 0 radical (unpaired) electrons. The topological polar surface area (TPSA) is 9.23 Å². The quantitative estimate of drug-likeness (QED) is 0.496. The van der Waals surface area contributed by atoms with Crippen LogP contribution in [0.5, 0.6) is 0 Å². The van der Waals surface area contributed by atoms with E-state index >= 15 is 0 Å². The third kappa shape index (κ3) is 5.68. The summed E-state index contributed by atoms with van der Waals surface area (Å²) in [6, 6.07) is 0. The molecule has 0 aliphatic carbocycles. The molecule has 0 amide bonds. The minimum Gasteiger partial charge on any atom is -0.382 e. The molecule has 0 rings (SSSR count). The fraction of sp³-hybridized carbons (Fsp3) is 1.00. The number of ether oxygens (including phenoxy) is 1. The van der Waals surface area contributed by atoms with Crippen LogP contribution < -0.4 is 0 Å². The molecule has 0 spiro atoms. The molecule has 0 aromatic heterocycles. The van der Waals surface area contributed by atoms with Crippen LogP contribution in [0, 0.1) is 5.92 Å². The lowest BCUT2D eigenvalue weighted by molar-refractivity contribution is 0.131. The molecule has 0 N–H and O–H groups in total. The zero-order valence-electron chi connectivity index (χ0n) is 7.77. The normalized spacial score (nSPS) is 16.4. The van der Waals surface area contributed by atoms with Gasteiger partial charge in [0.15, 0.2) is 0 Å². The lowest BCUT2D eigenvalue weighted by atomic mass is 10.0. The Hall–Kier alpha value is 0.440. The van der Waals surface area contributed by atoms with E-state index in [4.69, 9.17) is 4.74 Å². The van der Waals surface area contributed by atoms with Crippen molar-refractivity contribution in [2.24, 2.45) is 5.92 Å². The molecular weight excluding hydrogens is 204 g/mol. The average Bonchev–Trinajstić information content (AvgIpc) is 1.97. The van der Waals surface area contributed by atoms with E-state index in [-0.39, 0.29) is 0 Å². The van der Waals surface area contributed by atoms with Gasteiger partial charge in [-0.05, 0) is 19.3 Å². The van der Waals surface area contributed by atoms with Gasteiger partial charge >= 0.3 is 0 Å². The largest absolute Gasteiger partial charge is 0.382 e. The van der Waals surface area contributed by atoms with Crippen molar-refractivity contribution in [1.29, 1.82) is 0 Å². The minimum absolute atomic E-state index is 0.618. The van der Waals surface area contributed by atoms with Crippen molar-refractivity contribution in [3.8, 4) is 0 Å². The van der Waals surface area contributed by atoms with Crippen molar-refractivity contribution < 1.29 is 4.74 Å². The van der Waals surface area contributed by atoms with E-state index in [0.29, 0.717) is 4.83 Å². The first-order chi connectivity index (χ1) is 5.22. The molecule has 0 aliphatic heterocycles. The number of rotatable bonds is 6. The van der Waals surface area contributed by atoms with E-state index in [1.54, 1.807) is 0 Å². The summed E-state index contributed by atoms with van der Waals surface area (Å²) in [5.74, 6) is 0.765. The fourth-order valence-electron chi connectivity index (χ4n) is 1.14. The van der Waals surface area contributed by atoms with Gasteiger partial charge < -0.3 is 4.74 Å². The maximum absolute atomic E-state index is 5.30. The number of hydrogen-bond acceptors (Lipinski definition) is 1. The van der Waals surface area contributed by atoms with Crippen LogP contribution in [0.15, 0.2) is 0 Å². The lowest BCUT2D eigenvalue weighted by Gasteiger charge is -2.16. The van der Waals surface area contributed by atoms with E-state index in [0.717, 1.165) is 19.1 Å². The predicted molar refractivity (Wildman–Crippen MR) is 53.3 cm³/mol. The molecule has 68 valence electrons. The van der Waals surface area contributed by atoms with E-state index in [1.165, 1.54) is 12.8 Å². The van der Waals surface area contributed by atoms with Gasteiger partial charge in [-0.1, -0.05) is 36.2 Å². The van der Waals surface area contributed by atoms with Crippen LogP contribution in [-0.4, -0.2) is 18.0 Å². The molecule has 0 aromatic carbocycles. The summed E-state index contributed by atoms with van der Waals surface area (Å²) in [7, 11) is 0. The van der Waals surface area contributed by atoms with Gasteiger partial charge in [-0.25, -0.2) is 0 Å². The molecular formula is C9H19BrO. The molecule has 0 aromatic rings. The lowest BCUT2D eigenvalue weighted by Crippen LogP contribution is -2.12. The van der Waals surface area contributed by atoms with Gasteiger partial charge in [0.2, 0.25) is 0 Å². The highest BCUT2D eigenvalue weighted by molar-refractivity contribution is 9.09. The summed E-state index contributed by atoms with van der Waals surface area (Å²) in [5.41, 5.74) is 0. The number of alkyl halides is 1. The third-order valence-electron chi connectivity index (χ3n) is 2.01. The van der Waals surface area contributed by atoms with E-state index in [9.17, 15) is 0 Å². The molecule has 0 saturated carbocycles. The fourth-order valence-corrected chi connectivity index (χ4v) is 1.78. The Morgan fingerprint density at radius 1 is 1.36 bits per heavy atom. The maximum Gasteiger partial charge on any atom is 0.0468 e. The maximum atomic E-state index is 5.30. The van der Waals surface area contributed by atoms with Crippen LogP contribution in [-0.2, 0) is 4.74 Å². The third-order valence-corrected chi connectivity index (χ3v) is 2.76. The van der Waals surface area contributed by atoms with Crippen molar-refractivity contribution in [1.82, 2.24) is 0 Å². The molecule has 0 aliphatic rings. The summed E-state index contributed by atoms with van der Waals surface area (Å²) >= 11 is 3.60. The second kappa shape index (κ2) is 7.11. The van der Waals surface area contributed by atoms with Crippen molar-refractivity contribution in [3.63, 3.8) is 0 Å². The Labute approximate surface area is 78.6 Å². The molecule has 11 heavy (non-hydrogen) atoms. The Balaban J connectivity index is 3.36. The van der Waals surface area contributed by atoms with E-state index < -0.39 is 0 Å². The molecule has 0 saturated heterocycles. The monoisotopic (exact) mass is 222 g/mol. The SMILES string of the molecule is CCOCCC(CC)C(C)Br. The Kier molecular flexibility index (Phi) is 7.39. The van der Waals surface area contributed by atoms with E-state index in [1.807, 2.05) is 6.92 Å². The highest BCUT2D eigenvalue weighted by Crippen LogP contribution is 2.19. The van der Waals surface area contributed by atoms with Gasteiger partial charge in [0.25, 0.3) is 0 Å². The Morgan fingerprint density at radius 3 is 2.36 bits per heavy atom. The van der Waals surface area contributed by atoms with Crippen LogP contribution in [0.25, 0.3) is 0 Å². The van der Waals surface area contributed by atoms with Crippen molar-refractivity contribution >= 4 is 15.9 Å². The first-order valence-corrected chi connectivity index (χ1v) is 5.35. The highest BCUT2D eigenvalue weighted by atomic mass is 79.9. The molecule has 0 bridgehead atoms.